The molecule has 21 heavy (non-hydrogen) atoms. The smallest absolute Gasteiger partial charge is 0.391 e. The fourth-order valence-electron chi connectivity index (χ4n) is 3.10. The molecule has 0 aromatic rings. The van der Waals surface area contributed by atoms with Crippen LogP contribution in [0.2, 0.25) is 0 Å². The quantitative estimate of drug-likeness (QED) is 0.450. The molecule has 0 spiro atoms. The molecule has 0 amide bonds. The minimum Gasteiger partial charge on any atom is -0.391 e. The molecule has 2 bridgehead atoms. The van der Waals surface area contributed by atoms with Crippen LogP contribution in [0.1, 0.15) is 0 Å². The lowest BCUT2D eigenvalue weighted by Gasteiger charge is -2.48. The number of aliphatic hydroxyl groups excluding tert-OH is 3. The minimum atomic E-state index is -3.14. The van der Waals surface area contributed by atoms with E-state index in [4.69, 9.17) is 13.3 Å². The van der Waals surface area contributed by atoms with Crippen molar-refractivity contribution in [1.29, 1.82) is 0 Å². The molecule has 3 rings (SSSR count). The zero-order valence-corrected chi connectivity index (χ0v) is 13.4. The second kappa shape index (κ2) is 7.95. The van der Waals surface area contributed by atoms with E-state index in [2.05, 4.69) is 4.90 Å². The first-order valence-electron chi connectivity index (χ1n) is 7.55. The Balaban J connectivity index is 2.31. The molecule has 3 heterocycles. The van der Waals surface area contributed by atoms with E-state index in [0.717, 1.165) is 19.6 Å². The molecule has 0 atom stereocenters. The molecule has 3 aliphatic rings. The van der Waals surface area contributed by atoms with Gasteiger partial charge in [-0.05, 0) is 0 Å². The Morgan fingerprint density at radius 2 is 1.14 bits per heavy atom. The Kier molecular flexibility index (Phi) is 6.53. The summed E-state index contributed by atoms with van der Waals surface area (Å²) in [5, 5.41) is 28.4. The van der Waals surface area contributed by atoms with Crippen molar-refractivity contribution < 1.29 is 32.7 Å². The fourth-order valence-corrected chi connectivity index (χ4v) is 6.34. The maximum absolute atomic E-state index is 9.47. The summed E-state index contributed by atoms with van der Waals surface area (Å²) in [5.41, 5.74) is 0. The third-order valence-electron chi connectivity index (χ3n) is 4.24. The molecule has 8 nitrogen and oxygen atoms in total. The van der Waals surface area contributed by atoms with Crippen molar-refractivity contribution in [3.05, 3.63) is 0 Å². The lowest BCUT2D eigenvalue weighted by Crippen LogP contribution is -2.77. The van der Waals surface area contributed by atoms with Gasteiger partial charge >= 0.3 is 8.97 Å². The zero-order valence-electron chi connectivity index (χ0n) is 12.4. The third-order valence-corrected chi connectivity index (χ3v) is 7.78. The monoisotopic (exact) mass is 323 g/mol. The number of hydrogen-bond acceptors (Lipinski definition) is 7. The highest BCUT2D eigenvalue weighted by molar-refractivity contribution is 6.52. The standard InChI is InChI=1S/C12H27N2O6Si/c15-7-4-14(5-8-16,6-9-17)21-18-10-1-13(2-11-19-21)3-12-20-21/h15-17H,1-12H2/q+1. The fraction of sp³-hybridized carbons (Fsp3) is 1.00. The molecule has 0 unspecified atom stereocenters. The lowest BCUT2D eigenvalue weighted by atomic mass is 10.4. The number of nitrogens with zero attached hydrogens (tertiary/aromatic N) is 2. The summed E-state index contributed by atoms with van der Waals surface area (Å²) in [6, 6.07) is 0. The van der Waals surface area contributed by atoms with Gasteiger partial charge in [0.1, 0.15) is 0 Å². The van der Waals surface area contributed by atoms with E-state index in [1.54, 1.807) is 0 Å². The molecular formula is C12H27N2O6Si+. The molecule has 0 saturated carbocycles. The Morgan fingerprint density at radius 1 is 0.762 bits per heavy atom. The van der Waals surface area contributed by atoms with Gasteiger partial charge < -0.3 is 32.7 Å². The van der Waals surface area contributed by atoms with E-state index >= 15 is 0 Å². The van der Waals surface area contributed by atoms with Crippen LogP contribution in [0.4, 0.5) is 0 Å². The van der Waals surface area contributed by atoms with Gasteiger partial charge in [-0.15, -0.1) is 0 Å². The average Bonchev–Trinajstić information content (AvgIpc) is 2.37. The molecule has 3 aliphatic heterocycles. The molecule has 0 aliphatic carbocycles. The van der Waals surface area contributed by atoms with Crippen molar-refractivity contribution in [3.63, 3.8) is 0 Å². The van der Waals surface area contributed by atoms with E-state index in [1.165, 1.54) is 0 Å². The van der Waals surface area contributed by atoms with E-state index < -0.39 is 8.97 Å². The van der Waals surface area contributed by atoms with Gasteiger partial charge in [0.25, 0.3) is 0 Å². The van der Waals surface area contributed by atoms with E-state index in [0.29, 0.717) is 39.5 Å². The van der Waals surface area contributed by atoms with E-state index in [9.17, 15) is 15.3 Å². The maximum atomic E-state index is 9.47. The minimum absolute atomic E-state index is 0.0725. The molecule has 9 heteroatoms. The van der Waals surface area contributed by atoms with Crippen molar-refractivity contribution in [1.82, 2.24) is 4.90 Å². The largest absolute Gasteiger partial charge is 0.784 e. The van der Waals surface area contributed by atoms with Crippen LogP contribution < -0.4 is 0 Å². The van der Waals surface area contributed by atoms with Gasteiger partial charge in [0, 0.05) is 19.6 Å². The molecule has 3 saturated heterocycles. The second-order valence-corrected chi connectivity index (χ2v) is 8.26. The van der Waals surface area contributed by atoms with Crippen molar-refractivity contribution in [2.75, 3.05) is 78.9 Å². The first-order chi connectivity index (χ1) is 10.2. The summed E-state index contributed by atoms with van der Waals surface area (Å²) in [7, 11) is -3.14. The van der Waals surface area contributed by atoms with Gasteiger partial charge in [0.2, 0.25) is 0 Å². The van der Waals surface area contributed by atoms with Crippen molar-refractivity contribution in [2.45, 2.75) is 0 Å². The molecule has 3 fully saturated rings. The first kappa shape index (κ1) is 17.3. The Hall–Kier alpha value is -0.103. The van der Waals surface area contributed by atoms with Gasteiger partial charge in [-0.25, -0.2) is 0 Å². The summed E-state index contributed by atoms with van der Waals surface area (Å²) >= 11 is 0. The number of fused-ring (bicyclic) bond motifs is 6. The molecule has 0 aromatic heterocycles. The van der Waals surface area contributed by atoms with Gasteiger partial charge in [-0.3, -0.25) is 4.90 Å². The van der Waals surface area contributed by atoms with Crippen LogP contribution in [-0.2, 0) is 13.3 Å². The first-order valence-corrected chi connectivity index (χ1v) is 9.22. The number of aliphatic hydroxyl groups is 3. The van der Waals surface area contributed by atoms with Gasteiger partial charge in [-0.2, -0.15) is 0 Å². The van der Waals surface area contributed by atoms with Gasteiger partial charge in [-0.1, -0.05) is 0 Å². The number of quaternary nitrogens is 1. The predicted octanol–water partition coefficient (Wildman–Crippen LogP) is -2.41. The SMILES string of the molecule is OCC[N+](CCO)(CCO)[Si]12OCCN(CCO1)CCO2. The summed E-state index contributed by atoms with van der Waals surface area (Å²) in [6.45, 7) is 4.84. The van der Waals surface area contributed by atoms with E-state index in [-0.39, 0.29) is 24.0 Å². The molecule has 0 aromatic carbocycles. The van der Waals surface area contributed by atoms with Crippen LogP contribution in [-0.4, -0.2) is 112 Å². The van der Waals surface area contributed by atoms with Crippen molar-refractivity contribution >= 4 is 8.97 Å². The van der Waals surface area contributed by atoms with Crippen LogP contribution in [0.15, 0.2) is 0 Å². The summed E-state index contributed by atoms with van der Waals surface area (Å²) in [5.74, 6) is 0. The van der Waals surface area contributed by atoms with Crippen molar-refractivity contribution in [3.8, 4) is 0 Å². The highest BCUT2D eigenvalue weighted by atomic mass is 28.4. The van der Waals surface area contributed by atoms with Crippen LogP contribution in [0.3, 0.4) is 0 Å². The summed E-state index contributed by atoms with van der Waals surface area (Å²) in [4.78, 5) is 2.23. The topological polar surface area (TPSA) is 91.6 Å². The van der Waals surface area contributed by atoms with Gasteiger partial charge in [0.15, 0.2) is 0 Å². The normalized spacial score (nSPS) is 30.7. The van der Waals surface area contributed by atoms with E-state index in [1.807, 2.05) is 0 Å². The number of hydrogen-bond donors (Lipinski definition) is 3. The molecular weight excluding hydrogens is 296 g/mol. The highest BCUT2D eigenvalue weighted by Crippen LogP contribution is 2.27. The molecule has 124 valence electrons. The highest BCUT2D eigenvalue weighted by Gasteiger charge is 2.66. The molecule has 3 N–H and O–H groups in total. The Labute approximate surface area is 126 Å². The lowest BCUT2D eigenvalue weighted by molar-refractivity contribution is -0.861. The van der Waals surface area contributed by atoms with Crippen LogP contribution >= 0.6 is 0 Å². The summed E-state index contributed by atoms with van der Waals surface area (Å²) in [6.07, 6.45) is 0. The maximum Gasteiger partial charge on any atom is 0.784 e. The average molecular weight is 323 g/mol. The van der Waals surface area contributed by atoms with Crippen molar-refractivity contribution in [2.24, 2.45) is 0 Å². The summed E-state index contributed by atoms with van der Waals surface area (Å²) < 4.78 is 18.3. The Bertz CT molecular complexity index is 279. The molecule has 0 radical (unpaired) electrons. The van der Waals surface area contributed by atoms with Crippen LogP contribution in [0.25, 0.3) is 0 Å². The van der Waals surface area contributed by atoms with Crippen LogP contribution in [0.5, 0.6) is 0 Å². The predicted molar refractivity (Wildman–Crippen MR) is 76.2 cm³/mol. The Morgan fingerprint density at radius 3 is 1.48 bits per heavy atom. The zero-order chi connectivity index (χ0) is 15.2. The number of rotatable bonds is 7. The van der Waals surface area contributed by atoms with Crippen LogP contribution in [0, 0.1) is 0 Å². The van der Waals surface area contributed by atoms with Gasteiger partial charge in [0.05, 0.1) is 59.3 Å². The third kappa shape index (κ3) is 3.63. The second-order valence-electron chi connectivity index (χ2n) is 5.40.